The molecule has 1 fully saturated rings. The van der Waals surface area contributed by atoms with E-state index >= 15 is 0 Å². The van der Waals surface area contributed by atoms with Crippen molar-refractivity contribution >= 4 is 11.9 Å². The number of aliphatic hydroxyl groups excluding tert-OH is 1. The lowest BCUT2D eigenvalue weighted by molar-refractivity contribution is -0.142. The maximum absolute atomic E-state index is 12.4. The molecule has 5 nitrogen and oxygen atoms in total. The van der Waals surface area contributed by atoms with Gasteiger partial charge in [-0.15, -0.1) is 0 Å². The fourth-order valence-corrected chi connectivity index (χ4v) is 2.60. The Morgan fingerprint density at radius 3 is 2.17 bits per heavy atom. The smallest absolute Gasteiger partial charge is 0.307 e. The van der Waals surface area contributed by atoms with Crippen LogP contribution in [0, 0.1) is 17.3 Å². The van der Waals surface area contributed by atoms with Gasteiger partial charge >= 0.3 is 5.97 Å². The molecule has 0 radical (unpaired) electrons. The van der Waals surface area contributed by atoms with Gasteiger partial charge in [-0.3, -0.25) is 9.59 Å². The predicted octanol–water partition coefficient (Wildman–Crippen LogP) is 0.963. The molecule has 1 saturated carbocycles. The zero-order valence-electron chi connectivity index (χ0n) is 11.5. The van der Waals surface area contributed by atoms with Gasteiger partial charge < -0.3 is 15.1 Å². The van der Waals surface area contributed by atoms with Gasteiger partial charge in [-0.25, -0.2) is 0 Å². The van der Waals surface area contributed by atoms with Gasteiger partial charge in [-0.05, 0) is 25.7 Å². The maximum atomic E-state index is 12.4. The Kier molecular flexibility index (Phi) is 4.37. The Labute approximate surface area is 108 Å². The SMILES string of the molecule is CC(C)N(CCCO)C(=O)C1C(C(=O)O)C1(C)C. The Hall–Kier alpha value is -1.10. The van der Waals surface area contributed by atoms with Crippen LogP contribution in [0.15, 0.2) is 0 Å². The van der Waals surface area contributed by atoms with E-state index in [1.165, 1.54) is 0 Å². The lowest BCUT2D eigenvalue weighted by Gasteiger charge is -2.27. The van der Waals surface area contributed by atoms with E-state index < -0.39 is 23.2 Å². The first-order valence-electron chi connectivity index (χ1n) is 6.39. The number of aliphatic hydroxyl groups is 1. The number of nitrogens with zero attached hydrogens (tertiary/aromatic N) is 1. The molecule has 2 unspecified atom stereocenters. The number of carboxylic acid groups (broad SMARTS) is 1. The number of amides is 1. The molecule has 0 aliphatic heterocycles. The van der Waals surface area contributed by atoms with Gasteiger partial charge in [0.25, 0.3) is 0 Å². The average Bonchev–Trinajstić information content (AvgIpc) is 2.81. The summed E-state index contributed by atoms with van der Waals surface area (Å²) in [5.41, 5.74) is -0.463. The van der Waals surface area contributed by atoms with Crippen molar-refractivity contribution < 1.29 is 19.8 Å². The number of aliphatic carboxylic acids is 1. The summed E-state index contributed by atoms with van der Waals surface area (Å²) in [6, 6.07) is 0.0231. The summed E-state index contributed by atoms with van der Waals surface area (Å²) in [4.78, 5) is 25.1. The normalized spacial score (nSPS) is 25.0. The van der Waals surface area contributed by atoms with Crippen LogP contribution in [-0.2, 0) is 9.59 Å². The summed E-state index contributed by atoms with van der Waals surface area (Å²) >= 11 is 0. The van der Waals surface area contributed by atoms with Crippen LogP contribution in [0.3, 0.4) is 0 Å². The van der Waals surface area contributed by atoms with Crippen LogP contribution in [0.1, 0.15) is 34.1 Å². The third kappa shape index (κ3) is 2.66. The van der Waals surface area contributed by atoms with E-state index in [1.54, 1.807) is 4.90 Å². The molecule has 2 N–H and O–H groups in total. The standard InChI is InChI=1S/C13H23NO4/c1-8(2)14(6-5-7-15)11(16)9-10(12(17)18)13(9,3)4/h8-10,15H,5-7H2,1-4H3,(H,17,18). The minimum atomic E-state index is -0.899. The van der Waals surface area contributed by atoms with Gasteiger partial charge in [0.15, 0.2) is 0 Å². The van der Waals surface area contributed by atoms with E-state index in [2.05, 4.69) is 0 Å². The average molecular weight is 257 g/mol. The van der Waals surface area contributed by atoms with E-state index in [9.17, 15) is 9.59 Å². The van der Waals surface area contributed by atoms with Crippen molar-refractivity contribution in [1.82, 2.24) is 4.90 Å². The van der Waals surface area contributed by atoms with Crippen LogP contribution in [0.5, 0.6) is 0 Å². The van der Waals surface area contributed by atoms with E-state index in [0.717, 1.165) is 0 Å². The number of carboxylic acids is 1. The number of hydrogen-bond acceptors (Lipinski definition) is 3. The second-order valence-electron chi connectivity index (χ2n) is 5.82. The van der Waals surface area contributed by atoms with E-state index in [-0.39, 0.29) is 18.6 Å². The van der Waals surface area contributed by atoms with Crippen molar-refractivity contribution in [2.45, 2.75) is 40.2 Å². The summed E-state index contributed by atoms with van der Waals surface area (Å²) in [6.45, 7) is 7.96. The van der Waals surface area contributed by atoms with E-state index in [0.29, 0.717) is 13.0 Å². The zero-order valence-corrected chi connectivity index (χ0v) is 11.5. The Morgan fingerprint density at radius 2 is 1.83 bits per heavy atom. The van der Waals surface area contributed by atoms with Crippen LogP contribution in [0.25, 0.3) is 0 Å². The van der Waals surface area contributed by atoms with E-state index in [1.807, 2.05) is 27.7 Å². The first-order valence-corrected chi connectivity index (χ1v) is 6.39. The Balaban J connectivity index is 2.76. The number of rotatable bonds is 6. The highest BCUT2D eigenvalue weighted by molar-refractivity contribution is 5.91. The molecule has 1 aliphatic rings. The van der Waals surface area contributed by atoms with Gasteiger partial charge in [0.05, 0.1) is 11.8 Å². The summed E-state index contributed by atoms with van der Waals surface area (Å²) in [7, 11) is 0. The Morgan fingerprint density at radius 1 is 1.28 bits per heavy atom. The van der Waals surface area contributed by atoms with Gasteiger partial charge in [-0.2, -0.15) is 0 Å². The fraction of sp³-hybridized carbons (Fsp3) is 0.846. The lowest BCUT2D eigenvalue weighted by Crippen LogP contribution is -2.40. The summed E-state index contributed by atoms with van der Waals surface area (Å²) < 4.78 is 0. The lowest BCUT2D eigenvalue weighted by atomic mass is 10.1. The quantitative estimate of drug-likeness (QED) is 0.743. The van der Waals surface area contributed by atoms with Crippen molar-refractivity contribution in [3.8, 4) is 0 Å². The fourth-order valence-electron chi connectivity index (χ4n) is 2.60. The molecule has 5 heteroatoms. The van der Waals surface area contributed by atoms with Crippen molar-refractivity contribution in [1.29, 1.82) is 0 Å². The highest BCUT2D eigenvalue weighted by Gasteiger charge is 2.66. The predicted molar refractivity (Wildman–Crippen MR) is 66.9 cm³/mol. The molecule has 2 atom stereocenters. The molecule has 18 heavy (non-hydrogen) atoms. The van der Waals surface area contributed by atoms with Gasteiger partial charge in [0.1, 0.15) is 0 Å². The van der Waals surface area contributed by atoms with Crippen molar-refractivity contribution in [3.63, 3.8) is 0 Å². The summed E-state index contributed by atoms with van der Waals surface area (Å²) in [5, 5.41) is 17.9. The molecule has 0 aromatic heterocycles. The third-order valence-electron chi connectivity index (χ3n) is 3.82. The van der Waals surface area contributed by atoms with Crippen LogP contribution in [-0.4, -0.2) is 46.2 Å². The second kappa shape index (κ2) is 5.26. The largest absolute Gasteiger partial charge is 0.481 e. The highest BCUT2D eigenvalue weighted by atomic mass is 16.4. The molecule has 1 rings (SSSR count). The van der Waals surface area contributed by atoms with E-state index in [4.69, 9.17) is 10.2 Å². The molecular weight excluding hydrogens is 234 g/mol. The van der Waals surface area contributed by atoms with Crippen molar-refractivity contribution in [2.75, 3.05) is 13.2 Å². The monoisotopic (exact) mass is 257 g/mol. The second-order valence-corrected chi connectivity index (χ2v) is 5.82. The minimum absolute atomic E-state index is 0.0231. The van der Waals surface area contributed by atoms with Gasteiger partial charge in [0, 0.05) is 19.2 Å². The molecule has 0 bridgehead atoms. The highest BCUT2D eigenvalue weighted by Crippen LogP contribution is 2.59. The summed E-state index contributed by atoms with van der Waals surface area (Å²) in [6.07, 6.45) is 0.523. The van der Waals surface area contributed by atoms with Crippen molar-refractivity contribution in [3.05, 3.63) is 0 Å². The molecule has 1 aliphatic carbocycles. The third-order valence-corrected chi connectivity index (χ3v) is 3.82. The molecule has 0 aromatic rings. The number of hydrogen-bond donors (Lipinski definition) is 2. The van der Waals surface area contributed by atoms with Crippen LogP contribution < -0.4 is 0 Å². The molecule has 0 aromatic carbocycles. The summed E-state index contributed by atoms with van der Waals surface area (Å²) in [5.74, 6) is -2.02. The van der Waals surface area contributed by atoms with Crippen molar-refractivity contribution in [2.24, 2.45) is 17.3 Å². The van der Waals surface area contributed by atoms with Crippen LogP contribution in [0.4, 0.5) is 0 Å². The van der Waals surface area contributed by atoms with Gasteiger partial charge in [0.2, 0.25) is 5.91 Å². The first-order chi connectivity index (χ1) is 8.25. The Bertz CT molecular complexity index is 338. The molecule has 0 saturated heterocycles. The minimum Gasteiger partial charge on any atom is -0.481 e. The molecular formula is C13H23NO4. The topological polar surface area (TPSA) is 77.8 Å². The van der Waals surface area contributed by atoms with Crippen LogP contribution >= 0.6 is 0 Å². The zero-order chi connectivity index (χ0) is 14.1. The number of carbonyl (C=O) groups excluding carboxylic acids is 1. The molecule has 0 spiro atoms. The van der Waals surface area contributed by atoms with Crippen LogP contribution in [0.2, 0.25) is 0 Å². The molecule has 104 valence electrons. The number of carbonyl (C=O) groups is 2. The maximum Gasteiger partial charge on any atom is 0.307 e. The van der Waals surface area contributed by atoms with Gasteiger partial charge in [-0.1, -0.05) is 13.8 Å². The first kappa shape index (κ1) is 15.0. The molecule has 1 amide bonds. The molecule has 0 heterocycles.